The van der Waals surface area contributed by atoms with Gasteiger partial charge in [-0.15, -0.1) is 11.3 Å². The first-order valence-corrected chi connectivity index (χ1v) is 8.28. The van der Waals surface area contributed by atoms with Crippen LogP contribution in [0.3, 0.4) is 0 Å². The fourth-order valence-corrected chi connectivity index (χ4v) is 3.32. The normalized spacial score (nSPS) is 10.7. The molecule has 2 aromatic heterocycles. The van der Waals surface area contributed by atoms with E-state index < -0.39 is 0 Å². The predicted octanol–water partition coefficient (Wildman–Crippen LogP) is 2.67. The predicted molar refractivity (Wildman–Crippen MR) is 90.7 cm³/mol. The van der Waals surface area contributed by atoms with Gasteiger partial charge in [0.25, 0.3) is 5.91 Å². The third-order valence-corrected chi connectivity index (χ3v) is 4.62. The zero-order valence-corrected chi connectivity index (χ0v) is 13.7. The summed E-state index contributed by atoms with van der Waals surface area (Å²) in [7, 11) is 0. The van der Waals surface area contributed by atoms with Crippen molar-refractivity contribution >= 4 is 17.2 Å². The summed E-state index contributed by atoms with van der Waals surface area (Å²) in [5.41, 5.74) is 1.99. The van der Waals surface area contributed by atoms with Crippen LogP contribution in [0.1, 0.15) is 25.9 Å². The minimum Gasteiger partial charge on any atom is -0.349 e. The summed E-state index contributed by atoms with van der Waals surface area (Å²) in [6.07, 6.45) is 6.10. The molecule has 3 rings (SSSR count). The Labute approximate surface area is 139 Å². The largest absolute Gasteiger partial charge is 0.349 e. The van der Waals surface area contributed by atoms with Gasteiger partial charge in [-0.05, 0) is 12.5 Å². The van der Waals surface area contributed by atoms with Gasteiger partial charge in [0.05, 0.1) is 17.0 Å². The minimum atomic E-state index is -0.0561. The van der Waals surface area contributed by atoms with E-state index in [0.29, 0.717) is 18.0 Å². The third-order valence-electron chi connectivity index (χ3n) is 3.46. The van der Waals surface area contributed by atoms with Gasteiger partial charge in [0.15, 0.2) is 0 Å². The van der Waals surface area contributed by atoms with Crippen LogP contribution in [0, 0.1) is 6.92 Å². The van der Waals surface area contributed by atoms with E-state index >= 15 is 0 Å². The number of nitrogens with one attached hydrogen (secondary N) is 1. The maximum Gasteiger partial charge on any atom is 0.263 e. The van der Waals surface area contributed by atoms with Crippen molar-refractivity contribution in [2.24, 2.45) is 0 Å². The molecular formula is C17H18N4OS. The molecule has 1 amide bonds. The van der Waals surface area contributed by atoms with E-state index in [1.54, 1.807) is 12.5 Å². The van der Waals surface area contributed by atoms with Crippen molar-refractivity contribution in [1.29, 1.82) is 0 Å². The van der Waals surface area contributed by atoms with Crippen LogP contribution in [0.5, 0.6) is 0 Å². The Bertz CT molecular complexity index is 765. The standard InChI is InChI=1S/C17H18N4OS/c1-13-16(17(22)19-8-10-21-9-7-18-12-21)23-15(20-13)11-14-5-3-2-4-6-14/h2-7,9,12H,8,10-11H2,1H3,(H,19,22). The van der Waals surface area contributed by atoms with E-state index in [-0.39, 0.29) is 5.91 Å². The first-order valence-electron chi connectivity index (χ1n) is 7.46. The average molecular weight is 326 g/mol. The van der Waals surface area contributed by atoms with Gasteiger partial charge in [0.1, 0.15) is 4.88 Å². The quantitative estimate of drug-likeness (QED) is 0.757. The number of aryl methyl sites for hydroxylation is 1. The van der Waals surface area contributed by atoms with Crippen LogP contribution in [0.25, 0.3) is 0 Å². The summed E-state index contributed by atoms with van der Waals surface area (Å²) in [5.74, 6) is -0.0561. The van der Waals surface area contributed by atoms with Gasteiger partial charge in [-0.3, -0.25) is 4.79 Å². The number of hydrogen-bond donors (Lipinski definition) is 1. The van der Waals surface area contributed by atoms with Gasteiger partial charge in [0, 0.05) is 31.9 Å². The molecule has 1 N–H and O–H groups in total. The molecule has 0 atom stereocenters. The molecule has 0 bridgehead atoms. The minimum absolute atomic E-state index is 0.0561. The highest BCUT2D eigenvalue weighted by Gasteiger charge is 2.15. The van der Waals surface area contributed by atoms with Crippen LogP contribution < -0.4 is 5.32 Å². The molecule has 0 unspecified atom stereocenters. The van der Waals surface area contributed by atoms with Crippen LogP contribution in [-0.4, -0.2) is 27.0 Å². The number of amides is 1. The summed E-state index contributed by atoms with van der Waals surface area (Å²) in [6, 6.07) is 10.2. The Balaban J connectivity index is 1.60. The molecule has 0 saturated heterocycles. The second-order valence-electron chi connectivity index (χ2n) is 5.24. The first kappa shape index (κ1) is 15.4. The Kier molecular flexibility index (Phi) is 4.83. The van der Waals surface area contributed by atoms with Crippen LogP contribution in [-0.2, 0) is 13.0 Å². The van der Waals surface area contributed by atoms with Crippen molar-refractivity contribution in [3.8, 4) is 0 Å². The lowest BCUT2D eigenvalue weighted by Gasteiger charge is -2.04. The molecular weight excluding hydrogens is 308 g/mol. The van der Waals surface area contributed by atoms with Crippen LogP contribution in [0.2, 0.25) is 0 Å². The maximum absolute atomic E-state index is 12.3. The van der Waals surface area contributed by atoms with Gasteiger partial charge in [-0.2, -0.15) is 0 Å². The topological polar surface area (TPSA) is 59.8 Å². The molecule has 0 aliphatic rings. The van der Waals surface area contributed by atoms with E-state index in [1.165, 1.54) is 16.9 Å². The lowest BCUT2D eigenvalue weighted by atomic mass is 10.2. The molecule has 3 aromatic rings. The molecule has 5 nitrogen and oxygen atoms in total. The number of nitrogens with zero attached hydrogens (tertiary/aromatic N) is 3. The molecule has 6 heteroatoms. The lowest BCUT2D eigenvalue weighted by Crippen LogP contribution is -2.26. The van der Waals surface area contributed by atoms with Gasteiger partial charge in [0.2, 0.25) is 0 Å². The molecule has 23 heavy (non-hydrogen) atoms. The first-order chi connectivity index (χ1) is 11.2. The summed E-state index contributed by atoms with van der Waals surface area (Å²) >= 11 is 1.47. The maximum atomic E-state index is 12.3. The number of carbonyl (C=O) groups is 1. The van der Waals surface area contributed by atoms with E-state index in [2.05, 4.69) is 27.4 Å². The molecule has 0 fully saturated rings. The zero-order valence-electron chi connectivity index (χ0n) is 12.9. The summed E-state index contributed by atoms with van der Waals surface area (Å²) in [6.45, 7) is 3.16. The van der Waals surface area contributed by atoms with E-state index in [1.807, 2.05) is 35.9 Å². The monoisotopic (exact) mass is 326 g/mol. The SMILES string of the molecule is Cc1nc(Cc2ccccc2)sc1C(=O)NCCn1ccnc1. The van der Waals surface area contributed by atoms with Crippen molar-refractivity contribution in [2.45, 2.75) is 19.9 Å². The Morgan fingerprint density at radius 2 is 2.13 bits per heavy atom. The van der Waals surface area contributed by atoms with Crippen LogP contribution in [0.4, 0.5) is 0 Å². The van der Waals surface area contributed by atoms with E-state index in [0.717, 1.165) is 17.1 Å². The van der Waals surface area contributed by atoms with Crippen LogP contribution in [0.15, 0.2) is 49.1 Å². The van der Waals surface area contributed by atoms with Crippen molar-refractivity contribution in [3.63, 3.8) is 0 Å². The second kappa shape index (κ2) is 7.19. The van der Waals surface area contributed by atoms with Gasteiger partial charge in [-0.1, -0.05) is 30.3 Å². The molecule has 118 valence electrons. The van der Waals surface area contributed by atoms with E-state index in [9.17, 15) is 4.79 Å². The second-order valence-corrected chi connectivity index (χ2v) is 6.32. The summed E-state index contributed by atoms with van der Waals surface area (Å²) in [4.78, 5) is 21.5. The Morgan fingerprint density at radius 1 is 1.30 bits per heavy atom. The smallest absolute Gasteiger partial charge is 0.263 e. The van der Waals surface area contributed by atoms with Gasteiger partial charge >= 0.3 is 0 Å². The number of thiazole rings is 1. The zero-order chi connectivity index (χ0) is 16.1. The molecule has 1 aromatic carbocycles. The highest BCUT2D eigenvalue weighted by Crippen LogP contribution is 2.20. The summed E-state index contributed by atoms with van der Waals surface area (Å²) in [5, 5.41) is 3.90. The number of aromatic nitrogens is 3. The fourth-order valence-electron chi connectivity index (χ4n) is 2.31. The van der Waals surface area contributed by atoms with Crippen molar-refractivity contribution in [1.82, 2.24) is 19.9 Å². The Morgan fingerprint density at radius 3 is 2.87 bits per heavy atom. The molecule has 0 saturated carbocycles. The number of hydrogen-bond acceptors (Lipinski definition) is 4. The van der Waals surface area contributed by atoms with Crippen molar-refractivity contribution in [3.05, 3.63) is 70.2 Å². The van der Waals surface area contributed by atoms with Crippen LogP contribution >= 0.6 is 11.3 Å². The molecule has 2 heterocycles. The van der Waals surface area contributed by atoms with E-state index in [4.69, 9.17) is 0 Å². The number of benzene rings is 1. The number of rotatable bonds is 6. The molecule has 0 aliphatic carbocycles. The third kappa shape index (κ3) is 4.04. The number of carbonyl (C=O) groups excluding carboxylic acids is 1. The summed E-state index contributed by atoms with van der Waals surface area (Å²) < 4.78 is 1.93. The highest BCUT2D eigenvalue weighted by atomic mass is 32.1. The van der Waals surface area contributed by atoms with Crippen molar-refractivity contribution in [2.75, 3.05) is 6.54 Å². The van der Waals surface area contributed by atoms with Crippen molar-refractivity contribution < 1.29 is 4.79 Å². The highest BCUT2D eigenvalue weighted by molar-refractivity contribution is 7.13. The Hall–Kier alpha value is -2.47. The number of imidazole rings is 1. The fraction of sp³-hybridized carbons (Fsp3) is 0.235. The van der Waals surface area contributed by atoms with Gasteiger partial charge < -0.3 is 9.88 Å². The molecule has 0 radical (unpaired) electrons. The van der Waals surface area contributed by atoms with Gasteiger partial charge in [-0.25, -0.2) is 9.97 Å². The average Bonchev–Trinajstić information content (AvgIpc) is 3.18. The molecule has 0 spiro atoms. The lowest BCUT2D eigenvalue weighted by molar-refractivity contribution is 0.0955. The molecule has 0 aliphatic heterocycles.